The predicted molar refractivity (Wildman–Crippen MR) is 136 cm³/mol. The van der Waals surface area contributed by atoms with Crippen LogP contribution in [0.3, 0.4) is 0 Å². The van der Waals surface area contributed by atoms with E-state index >= 15 is 0 Å². The molecule has 2 aromatic heterocycles. The van der Waals surface area contributed by atoms with E-state index in [2.05, 4.69) is 20.1 Å². The van der Waals surface area contributed by atoms with Gasteiger partial charge in [0.25, 0.3) is 0 Å². The topological polar surface area (TPSA) is 102 Å². The van der Waals surface area contributed by atoms with Crippen LogP contribution < -0.4 is 5.84 Å². The Morgan fingerprint density at radius 1 is 0.950 bits per heavy atom. The van der Waals surface area contributed by atoms with Crippen LogP contribution in [-0.2, 0) is 18.9 Å². The zero-order chi connectivity index (χ0) is 29.1. The van der Waals surface area contributed by atoms with Crippen molar-refractivity contribution in [2.75, 3.05) is 0 Å². The third-order valence-corrected chi connectivity index (χ3v) is 6.01. The van der Waals surface area contributed by atoms with Gasteiger partial charge in [-0.1, -0.05) is 23.7 Å². The van der Waals surface area contributed by atoms with E-state index in [1.54, 1.807) is 24.3 Å². The monoisotopic (exact) mass is 580 g/mol. The number of hydrogen-bond donors (Lipinski definition) is 2. The number of aliphatic imine (C=N–C) groups is 1. The van der Waals surface area contributed by atoms with Crippen LogP contribution in [0.15, 0.2) is 89.5 Å². The minimum Gasteiger partial charge on any atom is -0.379 e. The third kappa shape index (κ3) is 6.32. The van der Waals surface area contributed by atoms with Crippen molar-refractivity contribution in [3.8, 4) is 5.69 Å². The summed E-state index contributed by atoms with van der Waals surface area (Å²) in [4.78, 5) is 12.3. The van der Waals surface area contributed by atoms with E-state index in [9.17, 15) is 31.4 Å². The van der Waals surface area contributed by atoms with E-state index in [0.29, 0.717) is 22.8 Å². The molecule has 4 rings (SSSR count). The Hall–Kier alpha value is -4.23. The normalized spacial score (nSPS) is 13.9. The first-order valence-corrected chi connectivity index (χ1v) is 11.8. The van der Waals surface area contributed by atoms with Crippen LogP contribution in [0.25, 0.3) is 5.69 Å². The Morgan fingerprint density at radius 2 is 1.57 bits per heavy atom. The van der Waals surface area contributed by atoms with Crippen LogP contribution in [0.5, 0.6) is 0 Å². The molecule has 14 heteroatoms. The first kappa shape index (κ1) is 28.8. The number of hydrazone groups is 1. The summed E-state index contributed by atoms with van der Waals surface area (Å²) in [6.07, 6.45) is -6.01. The van der Waals surface area contributed by atoms with E-state index in [0.717, 1.165) is 0 Å². The highest BCUT2D eigenvalue weighted by Crippen LogP contribution is 2.36. The fourth-order valence-corrected chi connectivity index (χ4v) is 4.09. The average molecular weight is 581 g/mol. The molecule has 1 unspecified atom stereocenters. The lowest BCUT2D eigenvalue weighted by atomic mass is 10.0. The lowest BCUT2D eigenvalue weighted by Gasteiger charge is -2.18. The number of pyridine rings is 1. The third-order valence-electron chi connectivity index (χ3n) is 5.69. The molecule has 0 aliphatic carbocycles. The lowest BCUT2D eigenvalue weighted by molar-refractivity contribution is -0.143. The number of aromatic nitrogens is 3. The number of rotatable bonds is 7. The van der Waals surface area contributed by atoms with Gasteiger partial charge in [-0.15, -0.1) is 0 Å². The first-order chi connectivity index (χ1) is 18.9. The van der Waals surface area contributed by atoms with Crippen molar-refractivity contribution < 1.29 is 31.4 Å². The molecule has 0 saturated carbocycles. The highest BCUT2D eigenvalue weighted by atomic mass is 35.5. The van der Waals surface area contributed by atoms with Gasteiger partial charge in [-0.05, 0) is 48.0 Å². The molecule has 0 spiro atoms. The molecule has 208 valence electrons. The molecule has 7 nitrogen and oxygen atoms in total. The maximum Gasteiger partial charge on any atom is 0.416 e. The van der Waals surface area contributed by atoms with E-state index in [-0.39, 0.29) is 34.4 Å². The summed E-state index contributed by atoms with van der Waals surface area (Å²) in [6, 6.07) is 10.8. The molecule has 3 N–H and O–H groups in total. The Labute approximate surface area is 228 Å². The molecular formula is C26H19ClF6N6O. The first-order valence-electron chi connectivity index (χ1n) is 11.4. The van der Waals surface area contributed by atoms with Crippen molar-refractivity contribution in [3.05, 3.63) is 112 Å². The largest absolute Gasteiger partial charge is 0.416 e. The molecule has 0 radical (unpaired) electrons. The standard InChI is InChI=1S/C26H19ClF6N6O/c27-19-3-1-2-4-20(19)39-10-9-36-24(39)23(40)22(38-34)21(16-5-7-35-8-6-16)37-14-15-11-17(25(28,29)30)13-18(12-15)26(31,32)33/h1-13,23,40H,14,34H2. The number of halogens is 7. The minimum absolute atomic E-state index is 0.0254. The fourth-order valence-electron chi connectivity index (χ4n) is 3.86. The summed E-state index contributed by atoms with van der Waals surface area (Å²) >= 11 is 6.30. The zero-order valence-corrected chi connectivity index (χ0v) is 21.0. The summed E-state index contributed by atoms with van der Waals surface area (Å²) in [6.45, 7) is -0.630. The molecular weight excluding hydrogens is 562 g/mol. The van der Waals surface area contributed by atoms with Gasteiger partial charge in [0.05, 0.1) is 34.1 Å². The van der Waals surface area contributed by atoms with Crippen molar-refractivity contribution >= 4 is 23.0 Å². The molecule has 2 heterocycles. The second-order valence-corrected chi connectivity index (χ2v) is 8.75. The van der Waals surface area contributed by atoms with Gasteiger partial charge in [-0.2, -0.15) is 31.4 Å². The second-order valence-electron chi connectivity index (χ2n) is 8.34. The molecule has 2 aromatic carbocycles. The quantitative estimate of drug-likeness (QED) is 0.121. The molecule has 1 atom stereocenters. The minimum atomic E-state index is -5.02. The summed E-state index contributed by atoms with van der Waals surface area (Å²) in [5.41, 5.74) is -2.93. The predicted octanol–water partition coefficient (Wildman–Crippen LogP) is 6.00. The van der Waals surface area contributed by atoms with Gasteiger partial charge in [0.2, 0.25) is 0 Å². The Balaban J connectivity index is 1.79. The van der Waals surface area contributed by atoms with Gasteiger partial charge < -0.3 is 10.9 Å². The molecule has 0 saturated heterocycles. The molecule has 4 aromatic rings. The number of nitrogens with two attached hydrogens (primary N) is 1. The molecule has 40 heavy (non-hydrogen) atoms. The molecule has 0 fully saturated rings. The van der Waals surface area contributed by atoms with Crippen molar-refractivity contribution in [1.29, 1.82) is 0 Å². The van der Waals surface area contributed by atoms with Crippen molar-refractivity contribution in [2.24, 2.45) is 15.9 Å². The summed E-state index contributed by atoms with van der Waals surface area (Å²) < 4.78 is 81.6. The average Bonchev–Trinajstić information content (AvgIpc) is 3.40. The molecule has 0 amide bonds. The number of aliphatic hydroxyl groups is 1. The van der Waals surface area contributed by atoms with Gasteiger partial charge in [0.15, 0.2) is 6.10 Å². The Kier molecular flexibility index (Phi) is 8.26. The van der Waals surface area contributed by atoms with Crippen LogP contribution in [0.4, 0.5) is 26.3 Å². The van der Waals surface area contributed by atoms with Crippen LogP contribution in [0.2, 0.25) is 5.02 Å². The molecule has 0 aliphatic heterocycles. The SMILES string of the molecule is NN=C(C(=NCc1cc(C(F)(F)F)cc(C(F)(F)F)c1)c1ccncc1)C(O)c1nccn1-c1ccccc1Cl. The fraction of sp³-hybridized carbons (Fsp3) is 0.154. The van der Waals surface area contributed by atoms with Crippen LogP contribution >= 0.6 is 11.6 Å². The highest BCUT2D eigenvalue weighted by Gasteiger charge is 2.37. The summed E-state index contributed by atoms with van der Waals surface area (Å²) in [5, 5.41) is 15.3. The number of hydrogen-bond acceptors (Lipinski definition) is 6. The van der Waals surface area contributed by atoms with E-state index < -0.39 is 36.1 Å². The number of para-hydroxylation sites is 1. The molecule has 0 bridgehead atoms. The Bertz CT molecular complexity index is 1520. The number of aliphatic hydroxyl groups excluding tert-OH is 1. The lowest BCUT2D eigenvalue weighted by Crippen LogP contribution is -2.27. The second kappa shape index (κ2) is 11.5. The van der Waals surface area contributed by atoms with Crippen LogP contribution in [-0.4, -0.2) is 31.1 Å². The highest BCUT2D eigenvalue weighted by molar-refractivity contribution is 6.49. The van der Waals surface area contributed by atoms with E-state index in [1.165, 1.54) is 41.5 Å². The smallest absolute Gasteiger partial charge is 0.379 e. The summed E-state index contributed by atoms with van der Waals surface area (Å²) in [7, 11) is 0. The maximum absolute atomic E-state index is 13.4. The maximum atomic E-state index is 13.4. The van der Waals surface area contributed by atoms with Crippen molar-refractivity contribution in [1.82, 2.24) is 14.5 Å². The Morgan fingerprint density at radius 3 is 2.15 bits per heavy atom. The van der Waals surface area contributed by atoms with Crippen LogP contribution in [0, 0.1) is 0 Å². The van der Waals surface area contributed by atoms with Gasteiger partial charge in [0.1, 0.15) is 11.5 Å². The number of benzene rings is 2. The molecule has 0 aliphatic rings. The zero-order valence-electron chi connectivity index (χ0n) is 20.2. The van der Waals surface area contributed by atoms with E-state index in [4.69, 9.17) is 17.4 Å². The van der Waals surface area contributed by atoms with Crippen molar-refractivity contribution in [2.45, 2.75) is 25.0 Å². The number of alkyl halides is 6. The van der Waals surface area contributed by atoms with E-state index in [1.807, 2.05) is 0 Å². The van der Waals surface area contributed by atoms with Gasteiger partial charge in [0, 0.05) is 30.4 Å². The van der Waals surface area contributed by atoms with Gasteiger partial charge in [-0.3, -0.25) is 14.5 Å². The van der Waals surface area contributed by atoms with Gasteiger partial charge >= 0.3 is 12.4 Å². The van der Waals surface area contributed by atoms with Crippen molar-refractivity contribution in [3.63, 3.8) is 0 Å². The van der Waals surface area contributed by atoms with Gasteiger partial charge in [-0.25, -0.2) is 4.98 Å². The summed E-state index contributed by atoms with van der Waals surface area (Å²) in [5.74, 6) is 5.66. The number of nitrogens with zero attached hydrogens (tertiary/aromatic N) is 5. The van der Waals surface area contributed by atoms with Crippen LogP contribution in [0.1, 0.15) is 34.2 Å². The number of imidazole rings is 1.